The number of aryl methyl sites for hydroxylation is 1. The summed E-state index contributed by atoms with van der Waals surface area (Å²) in [5.74, 6) is -0.379. The van der Waals surface area contributed by atoms with Crippen molar-refractivity contribution in [3.05, 3.63) is 54.1 Å². The number of carbonyl (C=O) groups is 1. The zero-order valence-electron chi connectivity index (χ0n) is 15.3. The molecule has 0 radical (unpaired) electrons. The zero-order valence-corrected chi connectivity index (χ0v) is 16.2. The van der Waals surface area contributed by atoms with Gasteiger partial charge in [0.15, 0.2) is 0 Å². The molecule has 1 aliphatic rings. The number of epoxide rings is 1. The molecule has 144 valence electrons. The van der Waals surface area contributed by atoms with E-state index in [4.69, 9.17) is 9.47 Å². The summed E-state index contributed by atoms with van der Waals surface area (Å²) in [6.07, 6.45) is 0.290. The Morgan fingerprint density at radius 1 is 1.22 bits per heavy atom. The molecule has 1 heterocycles. The lowest BCUT2D eigenvalue weighted by Gasteiger charge is -2.18. The maximum Gasteiger partial charge on any atom is 0.305 e. The third-order valence-electron chi connectivity index (χ3n) is 4.53. The van der Waals surface area contributed by atoms with Gasteiger partial charge in [0.1, 0.15) is 0 Å². The molecule has 7 heteroatoms. The van der Waals surface area contributed by atoms with E-state index >= 15 is 0 Å². The van der Waals surface area contributed by atoms with E-state index < -0.39 is 10.0 Å². The molecule has 0 aliphatic carbocycles. The number of ether oxygens (including phenoxy) is 2. The van der Waals surface area contributed by atoms with Crippen molar-refractivity contribution in [3.8, 4) is 11.1 Å². The van der Waals surface area contributed by atoms with Crippen molar-refractivity contribution < 1.29 is 22.7 Å². The summed E-state index contributed by atoms with van der Waals surface area (Å²) in [5.41, 5.74) is 1.99. The maximum absolute atomic E-state index is 13.2. The van der Waals surface area contributed by atoms with Crippen LogP contribution in [0.25, 0.3) is 11.1 Å². The lowest BCUT2D eigenvalue weighted by Crippen LogP contribution is -2.37. The van der Waals surface area contributed by atoms with Gasteiger partial charge in [-0.05, 0) is 24.5 Å². The molecule has 0 aromatic heterocycles. The molecule has 1 aliphatic heterocycles. The number of methoxy groups -OCH3 is 1. The lowest BCUT2D eigenvalue weighted by atomic mass is 10.0. The number of rotatable bonds is 8. The van der Waals surface area contributed by atoms with Gasteiger partial charge in [-0.3, -0.25) is 4.79 Å². The summed E-state index contributed by atoms with van der Waals surface area (Å²) >= 11 is 0. The van der Waals surface area contributed by atoms with Gasteiger partial charge in [-0.2, -0.15) is 0 Å². The smallest absolute Gasteiger partial charge is 0.305 e. The highest BCUT2D eigenvalue weighted by Gasteiger charge is 2.34. The van der Waals surface area contributed by atoms with Crippen LogP contribution >= 0.6 is 0 Å². The fraction of sp³-hybridized carbons (Fsp3) is 0.350. The van der Waals surface area contributed by atoms with E-state index in [9.17, 15) is 13.2 Å². The lowest BCUT2D eigenvalue weighted by molar-refractivity contribution is -0.140. The first-order valence-electron chi connectivity index (χ1n) is 8.80. The molecular formula is C20H23NO5S. The molecule has 27 heavy (non-hydrogen) atoms. The molecule has 3 rings (SSSR count). The summed E-state index contributed by atoms with van der Waals surface area (Å²) in [7, 11) is -2.49. The van der Waals surface area contributed by atoms with E-state index in [0.717, 1.165) is 5.56 Å². The normalized spacial score (nSPS) is 17.3. The summed E-state index contributed by atoms with van der Waals surface area (Å²) < 4.78 is 39.1. The van der Waals surface area contributed by atoms with E-state index in [2.05, 4.69) is 4.72 Å². The third kappa shape index (κ3) is 4.74. The predicted octanol–water partition coefficient (Wildman–Crippen LogP) is 2.52. The van der Waals surface area contributed by atoms with Gasteiger partial charge in [-0.1, -0.05) is 48.5 Å². The highest BCUT2D eigenvalue weighted by molar-refractivity contribution is 7.89. The summed E-state index contributed by atoms with van der Waals surface area (Å²) in [6.45, 7) is 2.34. The molecule has 0 saturated carbocycles. The van der Waals surface area contributed by atoms with Crippen molar-refractivity contribution in [2.24, 2.45) is 0 Å². The first-order valence-corrected chi connectivity index (χ1v) is 10.3. The predicted molar refractivity (Wildman–Crippen MR) is 102 cm³/mol. The van der Waals surface area contributed by atoms with Crippen LogP contribution in [0.15, 0.2) is 53.4 Å². The molecule has 2 aromatic rings. The molecule has 2 aromatic carbocycles. The van der Waals surface area contributed by atoms with Crippen molar-refractivity contribution in [2.75, 3.05) is 13.7 Å². The molecule has 0 unspecified atom stereocenters. The Morgan fingerprint density at radius 3 is 2.56 bits per heavy atom. The molecule has 0 bridgehead atoms. The van der Waals surface area contributed by atoms with E-state index in [1.54, 1.807) is 25.1 Å². The van der Waals surface area contributed by atoms with Gasteiger partial charge in [0, 0.05) is 18.0 Å². The van der Waals surface area contributed by atoms with Crippen LogP contribution in [0.4, 0.5) is 0 Å². The van der Waals surface area contributed by atoms with Crippen LogP contribution in [0.2, 0.25) is 0 Å². The average Bonchev–Trinajstić information content (AvgIpc) is 3.51. The molecule has 2 atom stereocenters. The van der Waals surface area contributed by atoms with Crippen molar-refractivity contribution >= 4 is 16.0 Å². The molecule has 0 amide bonds. The fourth-order valence-corrected chi connectivity index (χ4v) is 4.76. The maximum atomic E-state index is 13.2. The Morgan fingerprint density at radius 2 is 1.93 bits per heavy atom. The molecule has 1 N–H and O–H groups in total. The van der Waals surface area contributed by atoms with Crippen LogP contribution in [0.5, 0.6) is 0 Å². The van der Waals surface area contributed by atoms with Crippen LogP contribution in [-0.4, -0.2) is 40.2 Å². The SMILES string of the molecule is COC(=O)CCc1cccc(-c2ccccc2)c1S(=O)(=O)N[C@@H](C)[C@H]1CO1. The average molecular weight is 389 g/mol. The Kier molecular flexibility index (Phi) is 5.94. The monoisotopic (exact) mass is 389 g/mol. The van der Waals surface area contributed by atoms with Crippen LogP contribution < -0.4 is 4.72 Å². The van der Waals surface area contributed by atoms with Gasteiger partial charge in [0.25, 0.3) is 0 Å². The zero-order chi connectivity index (χ0) is 19.4. The van der Waals surface area contributed by atoms with E-state index in [0.29, 0.717) is 17.7 Å². The minimum atomic E-state index is -3.81. The minimum Gasteiger partial charge on any atom is -0.469 e. The minimum absolute atomic E-state index is 0.0952. The van der Waals surface area contributed by atoms with Crippen molar-refractivity contribution in [1.82, 2.24) is 4.72 Å². The van der Waals surface area contributed by atoms with Crippen molar-refractivity contribution in [1.29, 1.82) is 0 Å². The standard InChI is InChI=1S/C20H23NO5S/c1-14(18-13-26-18)21-27(23,24)20-16(11-12-19(22)25-2)9-6-10-17(20)15-7-4-3-5-8-15/h3-10,14,18,21H,11-13H2,1-2H3/t14-,18+/m0/s1. The number of esters is 1. The first-order chi connectivity index (χ1) is 12.9. The molecule has 1 saturated heterocycles. The topological polar surface area (TPSA) is 85.0 Å². The van der Waals surface area contributed by atoms with Crippen LogP contribution in [0.1, 0.15) is 18.9 Å². The second-order valence-corrected chi connectivity index (χ2v) is 8.17. The van der Waals surface area contributed by atoms with E-state index in [1.165, 1.54) is 7.11 Å². The molecular weight excluding hydrogens is 366 g/mol. The fourth-order valence-electron chi connectivity index (χ4n) is 3.01. The summed E-state index contributed by atoms with van der Waals surface area (Å²) in [6, 6.07) is 14.3. The Labute approximate surface area is 159 Å². The van der Waals surface area contributed by atoms with E-state index in [-0.39, 0.29) is 35.9 Å². The summed E-state index contributed by atoms with van der Waals surface area (Å²) in [5, 5.41) is 0. The van der Waals surface area contributed by atoms with Gasteiger partial charge >= 0.3 is 5.97 Å². The number of hydrogen-bond acceptors (Lipinski definition) is 5. The highest BCUT2D eigenvalue weighted by Crippen LogP contribution is 2.31. The van der Waals surface area contributed by atoms with Gasteiger partial charge in [0.2, 0.25) is 10.0 Å². The van der Waals surface area contributed by atoms with Crippen LogP contribution in [0.3, 0.4) is 0 Å². The van der Waals surface area contributed by atoms with Crippen molar-refractivity contribution in [2.45, 2.75) is 36.8 Å². The second-order valence-electron chi connectivity index (χ2n) is 6.52. The largest absolute Gasteiger partial charge is 0.469 e. The summed E-state index contributed by atoms with van der Waals surface area (Å²) in [4.78, 5) is 11.8. The Bertz CT molecular complexity index is 907. The second kappa shape index (κ2) is 8.21. The number of sulfonamides is 1. The highest BCUT2D eigenvalue weighted by atomic mass is 32.2. The first kappa shape index (κ1) is 19.5. The van der Waals surface area contributed by atoms with Gasteiger partial charge in [-0.15, -0.1) is 0 Å². The molecule has 0 spiro atoms. The quantitative estimate of drug-likeness (QED) is 0.554. The Hall–Kier alpha value is -2.22. The van der Waals surface area contributed by atoms with Gasteiger partial charge in [-0.25, -0.2) is 13.1 Å². The Balaban J connectivity index is 2.04. The van der Waals surface area contributed by atoms with Crippen molar-refractivity contribution in [3.63, 3.8) is 0 Å². The third-order valence-corrected chi connectivity index (χ3v) is 6.24. The molecule has 6 nitrogen and oxygen atoms in total. The number of carbonyl (C=O) groups excluding carboxylic acids is 1. The molecule has 1 fully saturated rings. The number of hydrogen-bond donors (Lipinski definition) is 1. The number of benzene rings is 2. The van der Waals surface area contributed by atoms with Crippen LogP contribution in [0, 0.1) is 0 Å². The van der Waals surface area contributed by atoms with Crippen LogP contribution in [-0.2, 0) is 30.7 Å². The van der Waals surface area contributed by atoms with Gasteiger partial charge in [0.05, 0.1) is 24.7 Å². The van der Waals surface area contributed by atoms with Gasteiger partial charge < -0.3 is 9.47 Å². The van der Waals surface area contributed by atoms with E-state index in [1.807, 2.05) is 30.3 Å². The number of nitrogens with one attached hydrogen (secondary N) is 1.